The number of nitrogens with one attached hydrogen (secondary N) is 2. The van der Waals surface area contributed by atoms with E-state index in [0.29, 0.717) is 17.4 Å². The maximum atomic E-state index is 12.6. The van der Waals surface area contributed by atoms with Crippen LogP contribution in [-0.2, 0) is 9.59 Å². The van der Waals surface area contributed by atoms with Gasteiger partial charge in [0.25, 0.3) is 0 Å². The standard InChI is InChI=1S/C21H32N2O3/c1-14(2)11-12-22-20(24)16-6-8-17(9-7-16)21(25)23-18-13-15(3)5-10-19(18)26-4/h5,10,13-14,16-17H,6-9,11-12H2,1-4H3,(H,22,24)(H,23,25). The lowest BCUT2D eigenvalue weighted by Crippen LogP contribution is -2.36. The molecule has 2 amide bonds. The number of hydrogen-bond donors (Lipinski definition) is 2. The van der Waals surface area contributed by atoms with Crippen LogP contribution in [0.3, 0.4) is 0 Å². The van der Waals surface area contributed by atoms with Crippen molar-refractivity contribution >= 4 is 17.5 Å². The first-order valence-corrected chi connectivity index (χ1v) is 9.64. The first-order chi connectivity index (χ1) is 12.4. The molecule has 0 saturated heterocycles. The third-order valence-electron chi connectivity index (χ3n) is 5.10. The topological polar surface area (TPSA) is 67.4 Å². The summed E-state index contributed by atoms with van der Waals surface area (Å²) in [6.07, 6.45) is 4.05. The van der Waals surface area contributed by atoms with Crippen molar-refractivity contribution in [2.24, 2.45) is 17.8 Å². The Labute approximate surface area is 156 Å². The zero-order chi connectivity index (χ0) is 19.1. The summed E-state index contributed by atoms with van der Waals surface area (Å²) >= 11 is 0. The number of anilines is 1. The van der Waals surface area contributed by atoms with Crippen LogP contribution in [0.4, 0.5) is 5.69 Å². The lowest BCUT2D eigenvalue weighted by Gasteiger charge is -2.27. The first kappa shape index (κ1) is 20.3. The van der Waals surface area contributed by atoms with E-state index >= 15 is 0 Å². The molecular formula is C21H32N2O3. The fourth-order valence-electron chi connectivity index (χ4n) is 3.40. The molecule has 0 spiro atoms. The minimum Gasteiger partial charge on any atom is -0.495 e. The average Bonchev–Trinajstić information content (AvgIpc) is 2.61. The van der Waals surface area contributed by atoms with Crippen LogP contribution < -0.4 is 15.4 Å². The second-order valence-electron chi connectivity index (χ2n) is 7.72. The molecule has 2 N–H and O–H groups in total. The lowest BCUT2D eigenvalue weighted by atomic mass is 9.81. The highest BCUT2D eigenvalue weighted by Crippen LogP contribution is 2.31. The zero-order valence-electron chi connectivity index (χ0n) is 16.4. The molecule has 26 heavy (non-hydrogen) atoms. The number of hydrogen-bond acceptors (Lipinski definition) is 3. The van der Waals surface area contributed by atoms with Gasteiger partial charge in [-0.3, -0.25) is 9.59 Å². The van der Waals surface area contributed by atoms with Crippen LogP contribution in [0.1, 0.15) is 51.5 Å². The molecule has 1 aliphatic rings. The third kappa shape index (κ3) is 5.75. The fourth-order valence-corrected chi connectivity index (χ4v) is 3.40. The largest absolute Gasteiger partial charge is 0.495 e. The van der Waals surface area contributed by atoms with E-state index in [9.17, 15) is 9.59 Å². The van der Waals surface area contributed by atoms with Gasteiger partial charge < -0.3 is 15.4 Å². The molecule has 1 saturated carbocycles. The highest BCUT2D eigenvalue weighted by atomic mass is 16.5. The molecule has 0 radical (unpaired) electrons. The van der Waals surface area contributed by atoms with E-state index in [4.69, 9.17) is 4.74 Å². The van der Waals surface area contributed by atoms with Crippen LogP contribution in [0, 0.1) is 24.7 Å². The smallest absolute Gasteiger partial charge is 0.227 e. The van der Waals surface area contributed by atoms with Crippen LogP contribution in [0.5, 0.6) is 5.75 Å². The third-order valence-corrected chi connectivity index (χ3v) is 5.10. The van der Waals surface area contributed by atoms with Crippen LogP contribution in [-0.4, -0.2) is 25.5 Å². The summed E-state index contributed by atoms with van der Waals surface area (Å²) in [6.45, 7) is 7.03. The van der Waals surface area contributed by atoms with E-state index in [-0.39, 0.29) is 23.7 Å². The Morgan fingerprint density at radius 3 is 2.31 bits per heavy atom. The van der Waals surface area contributed by atoms with Gasteiger partial charge in [0.2, 0.25) is 11.8 Å². The number of aryl methyl sites for hydroxylation is 1. The Balaban J connectivity index is 1.83. The summed E-state index contributed by atoms with van der Waals surface area (Å²) in [4.78, 5) is 24.8. The highest BCUT2D eigenvalue weighted by molar-refractivity contribution is 5.94. The Morgan fingerprint density at radius 2 is 1.73 bits per heavy atom. The lowest BCUT2D eigenvalue weighted by molar-refractivity contribution is -0.128. The minimum absolute atomic E-state index is 0.0209. The molecule has 144 valence electrons. The first-order valence-electron chi connectivity index (χ1n) is 9.64. The summed E-state index contributed by atoms with van der Waals surface area (Å²) < 4.78 is 5.32. The maximum absolute atomic E-state index is 12.6. The molecule has 0 aromatic heterocycles. The van der Waals surface area contributed by atoms with Gasteiger partial charge >= 0.3 is 0 Å². The van der Waals surface area contributed by atoms with Gasteiger partial charge in [0.05, 0.1) is 12.8 Å². The van der Waals surface area contributed by atoms with Crippen molar-refractivity contribution in [2.75, 3.05) is 19.0 Å². The second-order valence-corrected chi connectivity index (χ2v) is 7.72. The van der Waals surface area contributed by atoms with Crippen molar-refractivity contribution in [3.63, 3.8) is 0 Å². The monoisotopic (exact) mass is 360 g/mol. The van der Waals surface area contributed by atoms with Crippen molar-refractivity contribution in [3.05, 3.63) is 23.8 Å². The second kappa shape index (κ2) is 9.60. The summed E-state index contributed by atoms with van der Waals surface area (Å²) in [5.41, 5.74) is 1.79. The van der Waals surface area contributed by atoms with Gasteiger partial charge in [-0.25, -0.2) is 0 Å². The summed E-state index contributed by atoms with van der Waals surface area (Å²) in [7, 11) is 1.60. The Bertz CT molecular complexity index is 620. The van der Waals surface area contributed by atoms with Gasteiger partial charge in [-0.1, -0.05) is 19.9 Å². The highest BCUT2D eigenvalue weighted by Gasteiger charge is 2.30. The van der Waals surface area contributed by atoms with E-state index < -0.39 is 0 Å². The predicted octanol–water partition coefficient (Wildman–Crippen LogP) is 3.91. The molecule has 2 rings (SSSR count). The summed E-state index contributed by atoms with van der Waals surface area (Å²) in [6, 6.07) is 5.74. The molecule has 0 bridgehead atoms. The van der Waals surface area contributed by atoms with Crippen molar-refractivity contribution in [1.82, 2.24) is 5.32 Å². The normalized spacial score (nSPS) is 19.9. The summed E-state index contributed by atoms with van der Waals surface area (Å²) in [5.74, 6) is 1.42. The van der Waals surface area contributed by atoms with Crippen molar-refractivity contribution in [1.29, 1.82) is 0 Å². The number of benzene rings is 1. The number of rotatable bonds is 7. The predicted molar refractivity (Wildman–Crippen MR) is 104 cm³/mol. The number of carbonyl (C=O) groups is 2. The molecule has 1 aromatic rings. The molecule has 0 unspecified atom stereocenters. The number of amides is 2. The van der Waals surface area contributed by atoms with Crippen molar-refractivity contribution in [2.45, 2.75) is 52.9 Å². The van der Waals surface area contributed by atoms with Crippen molar-refractivity contribution < 1.29 is 14.3 Å². The van der Waals surface area contributed by atoms with Gasteiger partial charge in [-0.05, 0) is 62.6 Å². The van der Waals surface area contributed by atoms with E-state index in [2.05, 4.69) is 24.5 Å². The van der Waals surface area contributed by atoms with Crippen molar-refractivity contribution in [3.8, 4) is 5.75 Å². The van der Waals surface area contributed by atoms with Gasteiger partial charge in [-0.15, -0.1) is 0 Å². The van der Waals surface area contributed by atoms with Crippen LogP contribution in [0.15, 0.2) is 18.2 Å². The van der Waals surface area contributed by atoms with E-state index in [1.54, 1.807) is 7.11 Å². The zero-order valence-corrected chi connectivity index (χ0v) is 16.4. The Hall–Kier alpha value is -2.04. The van der Waals surface area contributed by atoms with Gasteiger partial charge in [0.1, 0.15) is 5.75 Å². The quantitative estimate of drug-likeness (QED) is 0.775. The van der Waals surface area contributed by atoms with Gasteiger partial charge in [0.15, 0.2) is 0 Å². The minimum atomic E-state index is -0.0417. The van der Waals surface area contributed by atoms with Crippen LogP contribution >= 0.6 is 0 Å². The SMILES string of the molecule is COc1ccc(C)cc1NC(=O)C1CCC(C(=O)NCCC(C)C)CC1. The molecule has 5 nitrogen and oxygen atoms in total. The number of carbonyl (C=O) groups excluding carboxylic acids is 2. The van der Waals surface area contributed by atoms with E-state index in [0.717, 1.165) is 44.2 Å². The van der Waals surface area contributed by atoms with Crippen LogP contribution in [0.2, 0.25) is 0 Å². The molecule has 1 fully saturated rings. The Morgan fingerprint density at radius 1 is 1.12 bits per heavy atom. The Kier molecular flexibility index (Phi) is 7.49. The summed E-state index contributed by atoms with van der Waals surface area (Å²) in [5, 5.41) is 6.03. The molecule has 1 aliphatic carbocycles. The fraction of sp³-hybridized carbons (Fsp3) is 0.619. The van der Waals surface area contributed by atoms with E-state index in [1.807, 2.05) is 25.1 Å². The maximum Gasteiger partial charge on any atom is 0.227 e. The number of methoxy groups -OCH3 is 1. The average molecular weight is 360 g/mol. The number of ether oxygens (including phenoxy) is 1. The van der Waals surface area contributed by atoms with Gasteiger partial charge in [0, 0.05) is 18.4 Å². The molecular weight excluding hydrogens is 328 g/mol. The van der Waals surface area contributed by atoms with Crippen LogP contribution in [0.25, 0.3) is 0 Å². The molecule has 0 aliphatic heterocycles. The molecule has 0 heterocycles. The molecule has 1 aromatic carbocycles. The van der Waals surface area contributed by atoms with E-state index in [1.165, 1.54) is 0 Å². The molecule has 0 atom stereocenters. The van der Waals surface area contributed by atoms with Gasteiger partial charge in [-0.2, -0.15) is 0 Å². The molecule has 5 heteroatoms.